The Morgan fingerprint density at radius 3 is 2.10 bits per heavy atom. The highest BCUT2D eigenvalue weighted by Gasteiger charge is 2.48. The van der Waals surface area contributed by atoms with E-state index in [1.807, 2.05) is 6.79 Å². The molecule has 0 spiro atoms. The molecule has 1 saturated heterocycles. The van der Waals surface area contributed by atoms with Crippen LogP contribution in [0.5, 0.6) is 0 Å². The van der Waals surface area contributed by atoms with E-state index in [9.17, 15) is 31.6 Å². The smallest absolute Gasteiger partial charge is 0.307 e. The summed E-state index contributed by atoms with van der Waals surface area (Å²) in [6.45, 7) is 23.4. The summed E-state index contributed by atoms with van der Waals surface area (Å²) in [6, 6.07) is 6.96. The van der Waals surface area contributed by atoms with Gasteiger partial charge < -0.3 is 4.79 Å². The molecule has 286 valence electrons. The van der Waals surface area contributed by atoms with E-state index in [2.05, 4.69) is 45.1 Å². The molecule has 1 aromatic carbocycles. The Hall–Kier alpha value is -3.69. The first-order chi connectivity index (χ1) is 24.6. The van der Waals surface area contributed by atoms with Crippen molar-refractivity contribution in [3.63, 3.8) is 0 Å². The number of amides is 1. The number of unbranched alkanes of at least 4 members (excludes halogenated alkanes) is 1. The molecule has 1 atom stereocenters. The maximum Gasteiger partial charge on any atom is 0.416 e. The fourth-order valence-electron chi connectivity index (χ4n) is 4.40. The lowest BCUT2D eigenvalue weighted by Crippen LogP contribution is -2.61. The average Bonchev–Trinajstić information content (AvgIpc) is 3.38. The van der Waals surface area contributed by atoms with Gasteiger partial charge in [-0.15, -0.1) is 11.8 Å². The molecule has 14 heteroatoms. The maximum absolute atomic E-state index is 13.4. The Labute approximate surface area is 315 Å². The molecule has 0 saturated carbocycles. The number of aromatic nitrogens is 1. The largest absolute Gasteiger partial charge is 0.416 e. The van der Waals surface area contributed by atoms with Gasteiger partial charge in [0.1, 0.15) is 12.8 Å². The number of hydrogen-bond donors (Lipinski definition) is 2. The van der Waals surface area contributed by atoms with Crippen molar-refractivity contribution in [3.05, 3.63) is 122 Å². The van der Waals surface area contributed by atoms with Gasteiger partial charge in [-0.1, -0.05) is 102 Å². The van der Waals surface area contributed by atoms with Crippen molar-refractivity contribution >= 4 is 52.3 Å². The molecule has 2 aromatic rings. The van der Waals surface area contributed by atoms with E-state index in [4.69, 9.17) is 4.79 Å². The molecule has 2 aliphatic rings. The second-order valence-electron chi connectivity index (χ2n) is 11.2. The lowest BCUT2D eigenvalue weighted by atomic mass is 10.0. The molecule has 2 heterocycles. The first kappa shape index (κ1) is 48.3. The predicted molar refractivity (Wildman–Crippen MR) is 210 cm³/mol. The summed E-state index contributed by atoms with van der Waals surface area (Å²) in [7, 11) is -4.03. The summed E-state index contributed by atoms with van der Waals surface area (Å²) in [5.41, 5.74) is 2.63. The third-order valence-electron chi connectivity index (χ3n) is 7.13. The van der Waals surface area contributed by atoms with Crippen LogP contribution in [0.1, 0.15) is 57.4 Å². The summed E-state index contributed by atoms with van der Waals surface area (Å²) in [5, 5.41) is 9.21. The normalized spacial score (nSPS) is 15.9. The van der Waals surface area contributed by atoms with E-state index in [1.54, 1.807) is 61.8 Å². The topological polar surface area (TPSA) is 117 Å². The van der Waals surface area contributed by atoms with Gasteiger partial charge in [0.2, 0.25) is 10.0 Å². The molecule has 0 bridgehead atoms. The zero-order valence-corrected chi connectivity index (χ0v) is 32.6. The van der Waals surface area contributed by atoms with E-state index in [1.165, 1.54) is 60.8 Å². The number of pyridine rings is 1. The van der Waals surface area contributed by atoms with Crippen LogP contribution in [0.4, 0.5) is 13.2 Å². The fourth-order valence-corrected chi connectivity index (χ4v) is 8.55. The fraction of sp³-hybridized carbons (Fsp3) is 0.342. The zero-order valence-electron chi connectivity index (χ0n) is 30.2. The van der Waals surface area contributed by atoms with Crippen LogP contribution in [-0.2, 0) is 31.8 Å². The van der Waals surface area contributed by atoms with Crippen LogP contribution in [0.3, 0.4) is 0 Å². The third kappa shape index (κ3) is 15.1. The van der Waals surface area contributed by atoms with E-state index in [0.717, 1.165) is 26.9 Å². The predicted octanol–water partition coefficient (Wildman–Crippen LogP) is 9.16. The number of hydrogen-bond acceptors (Lipinski definition) is 8. The molecule has 1 aromatic heterocycles. The summed E-state index contributed by atoms with van der Waals surface area (Å²) in [5.74, 6) is 0.169. The van der Waals surface area contributed by atoms with Gasteiger partial charge in [-0.25, -0.2) is 13.9 Å². The average molecular weight is 782 g/mol. The van der Waals surface area contributed by atoms with Gasteiger partial charge in [-0.05, 0) is 55.7 Å². The minimum Gasteiger partial charge on any atom is -0.307 e. The second kappa shape index (κ2) is 24.5. The summed E-state index contributed by atoms with van der Waals surface area (Å²) < 4.78 is 66.9. The molecule has 1 aliphatic carbocycles. The van der Waals surface area contributed by atoms with Crippen molar-refractivity contribution in [2.24, 2.45) is 0 Å². The van der Waals surface area contributed by atoms with E-state index < -0.39 is 38.5 Å². The zero-order chi connectivity index (χ0) is 40.0. The molecule has 2 N–H and O–H groups in total. The third-order valence-corrected chi connectivity index (χ3v) is 11.5. The summed E-state index contributed by atoms with van der Waals surface area (Å²) in [4.78, 5) is 25.3. The standard InChI is InChI=1S/C25H26F3N3O4S3.C4H10.2C4H6.CH2O/c1-24(2)22(23(32)30-33)31(12-13-37-24)38(34,35)18-8-6-16(7-9-18)15-36-21-10-11-29-20-14-17(25(26,27)28)4-3-5-19(20)21;3*1-3-4-2;1-2/h3-4,6-11,14,22,33H,5,12-13,15H2,1-2H3,(H,30,32);3-4H2,1-2H3;2*3-4H,1-2H2;1H2. The lowest BCUT2D eigenvalue weighted by Gasteiger charge is -2.43. The highest BCUT2D eigenvalue weighted by atomic mass is 32.2. The van der Waals surface area contributed by atoms with Crippen LogP contribution in [0.25, 0.3) is 6.08 Å². The Balaban J connectivity index is 0.00000160. The molecule has 1 fully saturated rings. The van der Waals surface area contributed by atoms with Gasteiger partial charge in [-0.2, -0.15) is 29.2 Å². The van der Waals surface area contributed by atoms with Crippen molar-refractivity contribution in [2.45, 2.75) is 79.5 Å². The number of alkyl halides is 3. The number of hydroxylamine groups is 1. The van der Waals surface area contributed by atoms with Gasteiger partial charge in [0, 0.05) is 33.9 Å². The van der Waals surface area contributed by atoms with Crippen LogP contribution in [0.2, 0.25) is 0 Å². The number of nitrogens with zero attached hydrogens (tertiary/aromatic N) is 2. The Bertz CT molecular complexity index is 1600. The number of carbonyl (C=O) groups is 2. The van der Waals surface area contributed by atoms with Crippen LogP contribution in [-0.4, -0.2) is 64.9 Å². The maximum atomic E-state index is 13.4. The van der Waals surface area contributed by atoms with Crippen molar-refractivity contribution in [2.75, 3.05) is 12.3 Å². The highest BCUT2D eigenvalue weighted by Crippen LogP contribution is 2.39. The SMILES string of the molecule is C=CC=C.C=CC=C.C=O.CC1(C)SCCN(S(=O)(=O)c2ccc(CSc3ccnc4c3CC=CC(C(F)(F)F)=C4)cc2)C1C(=O)NO.CCCC. The molecule has 52 heavy (non-hydrogen) atoms. The first-order valence-electron chi connectivity index (χ1n) is 16.1. The first-order valence-corrected chi connectivity index (χ1v) is 19.5. The number of halogens is 3. The lowest BCUT2D eigenvalue weighted by molar-refractivity contribution is -0.134. The number of carbonyl (C=O) groups excluding carboxylic acids is 2. The van der Waals surface area contributed by atoms with Gasteiger partial charge in [0.15, 0.2) is 0 Å². The highest BCUT2D eigenvalue weighted by molar-refractivity contribution is 8.01. The molecule has 1 amide bonds. The van der Waals surface area contributed by atoms with Crippen molar-refractivity contribution in [3.8, 4) is 0 Å². The molecule has 1 aliphatic heterocycles. The molecular weight excluding hydrogens is 732 g/mol. The second-order valence-corrected chi connectivity index (χ2v) is 15.9. The van der Waals surface area contributed by atoms with Crippen LogP contribution < -0.4 is 5.48 Å². The van der Waals surface area contributed by atoms with Crippen molar-refractivity contribution in [1.82, 2.24) is 14.8 Å². The number of fused-ring (bicyclic) bond motifs is 1. The Morgan fingerprint density at radius 2 is 1.62 bits per heavy atom. The molecular formula is C38H50F3N3O5S3. The number of allylic oxidation sites excluding steroid dienone is 7. The minimum atomic E-state index is -4.46. The van der Waals surface area contributed by atoms with Gasteiger partial charge in [-0.3, -0.25) is 15.0 Å². The minimum absolute atomic E-state index is 0.0254. The van der Waals surface area contributed by atoms with Crippen LogP contribution >= 0.6 is 23.5 Å². The number of nitrogens with one attached hydrogen (secondary N) is 1. The summed E-state index contributed by atoms with van der Waals surface area (Å²) >= 11 is 2.88. The monoisotopic (exact) mass is 781 g/mol. The summed E-state index contributed by atoms with van der Waals surface area (Å²) in [6.07, 6.45) is 10.1. The van der Waals surface area contributed by atoms with Crippen molar-refractivity contribution < 1.29 is 36.4 Å². The van der Waals surface area contributed by atoms with E-state index in [-0.39, 0.29) is 17.1 Å². The van der Waals surface area contributed by atoms with Crippen molar-refractivity contribution in [1.29, 1.82) is 0 Å². The van der Waals surface area contributed by atoms with Gasteiger partial charge in [0.25, 0.3) is 5.91 Å². The van der Waals surface area contributed by atoms with Crippen LogP contribution in [0, 0.1) is 0 Å². The molecule has 0 radical (unpaired) electrons. The number of sulfonamides is 1. The quantitative estimate of drug-likeness (QED) is 0.112. The van der Waals surface area contributed by atoms with E-state index >= 15 is 0 Å². The van der Waals surface area contributed by atoms with Crippen LogP contribution in [0.15, 0.2) is 115 Å². The molecule has 4 rings (SSSR count). The Kier molecular flexibility index (Phi) is 22.8. The Morgan fingerprint density at radius 1 is 1.06 bits per heavy atom. The van der Waals surface area contributed by atoms with Gasteiger partial charge in [0.05, 0.1) is 16.2 Å². The van der Waals surface area contributed by atoms with E-state index in [0.29, 0.717) is 23.5 Å². The number of rotatable bonds is 9. The van der Waals surface area contributed by atoms with Gasteiger partial charge >= 0.3 is 6.18 Å². The molecule has 1 unspecified atom stereocenters. The number of thioether (sulfide) groups is 2. The number of benzene rings is 1. The molecule has 8 nitrogen and oxygen atoms in total.